The zero-order chi connectivity index (χ0) is 12.9. The fourth-order valence-electron chi connectivity index (χ4n) is 1.32. The molecule has 0 aliphatic rings. The summed E-state index contributed by atoms with van der Waals surface area (Å²) in [7, 11) is 0. The van der Waals surface area contributed by atoms with Crippen LogP contribution in [0.5, 0.6) is 0 Å². The first kappa shape index (κ1) is 13.2. The van der Waals surface area contributed by atoms with Crippen molar-refractivity contribution in [2.75, 3.05) is 11.9 Å². The van der Waals surface area contributed by atoms with E-state index >= 15 is 0 Å². The summed E-state index contributed by atoms with van der Waals surface area (Å²) in [5.41, 5.74) is 0.0236. The number of aromatic carboxylic acids is 1. The van der Waals surface area contributed by atoms with E-state index in [4.69, 9.17) is 5.11 Å². The van der Waals surface area contributed by atoms with Crippen LogP contribution in [0.25, 0.3) is 0 Å². The number of rotatable bonds is 6. The van der Waals surface area contributed by atoms with Crippen LogP contribution in [0.1, 0.15) is 30.8 Å². The molecule has 1 rings (SSSR count). The standard InChI is InChI=1S/C12H17N3O2/c1-4-5-12(2,3)8-15-10-7-13-9(6-14-10)11(16)17/h4,6-7H,1,5,8H2,2-3H3,(H,14,15)(H,16,17). The highest BCUT2D eigenvalue weighted by atomic mass is 16.4. The van der Waals surface area contributed by atoms with Gasteiger partial charge in [-0.05, 0) is 11.8 Å². The van der Waals surface area contributed by atoms with Crippen molar-refractivity contribution in [3.05, 3.63) is 30.7 Å². The summed E-state index contributed by atoms with van der Waals surface area (Å²) in [6.07, 6.45) is 5.43. The highest BCUT2D eigenvalue weighted by Crippen LogP contribution is 2.20. The largest absolute Gasteiger partial charge is 0.476 e. The minimum Gasteiger partial charge on any atom is -0.476 e. The summed E-state index contributed by atoms with van der Waals surface area (Å²) in [5.74, 6) is -0.497. The first-order valence-electron chi connectivity index (χ1n) is 5.35. The normalized spacial score (nSPS) is 10.9. The average Bonchev–Trinajstić information content (AvgIpc) is 2.27. The molecule has 17 heavy (non-hydrogen) atoms. The van der Waals surface area contributed by atoms with Crippen LogP contribution in [0, 0.1) is 5.41 Å². The van der Waals surface area contributed by atoms with Crippen molar-refractivity contribution >= 4 is 11.8 Å². The SMILES string of the molecule is C=CCC(C)(C)CNc1cnc(C(=O)O)cn1. The van der Waals surface area contributed by atoms with Gasteiger partial charge in [0.05, 0.1) is 12.4 Å². The molecular formula is C12H17N3O2. The second-order valence-corrected chi connectivity index (χ2v) is 4.60. The topological polar surface area (TPSA) is 75.1 Å². The van der Waals surface area contributed by atoms with Crippen molar-refractivity contribution in [1.82, 2.24) is 9.97 Å². The molecule has 0 bridgehead atoms. The molecule has 5 nitrogen and oxygen atoms in total. The molecule has 0 atom stereocenters. The molecule has 0 saturated heterocycles. The third-order valence-corrected chi connectivity index (χ3v) is 2.32. The van der Waals surface area contributed by atoms with Crippen molar-refractivity contribution in [2.45, 2.75) is 20.3 Å². The van der Waals surface area contributed by atoms with Gasteiger partial charge in [-0.1, -0.05) is 19.9 Å². The van der Waals surface area contributed by atoms with Crippen LogP contribution in [-0.4, -0.2) is 27.6 Å². The minimum atomic E-state index is -1.07. The van der Waals surface area contributed by atoms with Crippen molar-refractivity contribution in [3.8, 4) is 0 Å². The monoisotopic (exact) mass is 235 g/mol. The molecule has 92 valence electrons. The fraction of sp³-hybridized carbons (Fsp3) is 0.417. The van der Waals surface area contributed by atoms with Crippen LogP contribution in [0.15, 0.2) is 25.0 Å². The Morgan fingerprint density at radius 3 is 2.71 bits per heavy atom. The van der Waals surface area contributed by atoms with Gasteiger partial charge in [0, 0.05) is 6.54 Å². The first-order valence-corrected chi connectivity index (χ1v) is 5.35. The van der Waals surface area contributed by atoms with E-state index in [-0.39, 0.29) is 11.1 Å². The lowest BCUT2D eigenvalue weighted by atomic mass is 9.89. The molecule has 0 fully saturated rings. The Kier molecular flexibility index (Phi) is 4.20. The van der Waals surface area contributed by atoms with Crippen LogP contribution in [0.3, 0.4) is 0 Å². The van der Waals surface area contributed by atoms with Gasteiger partial charge in [0.25, 0.3) is 0 Å². The molecule has 1 aromatic rings. The Labute approximate surface area is 101 Å². The Bertz CT molecular complexity index is 399. The smallest absolute Gasteiger partial charge is 0.356 e. The van der Waals surface area contributed by atoms with Gasteiger partial charge in [-0.2, -0.15) is 0 Å². The molecule has 0 spiro atoms. The van der Waals surface area contributed by atoms with Crippen LogP contribution < -0.4 is 5.32 Å². The molecule has 1 aromatic heterocycles. The maximum absolute atomic E-state index is 10.6. The average molecular weight is 235 g/mol. The van der Waals surface area contributed by atoms with Crippen molar-refractivity contribution in [2.24, 2.45) is 5.41 Å². The van der Waals surface area contributed by atoms with Crippen LogP contribution in [0.2, 0.25) is 0 Å². The van der Waals surface area contributed by atoms with E-state index in [1.54, 1.807) is 0 Å². The molecule has 0 aliphatic heterocycles. The summed E-state index contributed by atoms with van der Waals surface area (Å²) in [4.78, 5) is 18.3. The minimum absolute atomic E-state index is 0.0547. The molecule has 0 amide bonds. The van der Waals surface area contributed by atoms with E-state index < -0.39 is 5.97 Å². The van der Waals surface area contributed by atoms with E-state index in [0.29, 0.717) is 5.82 Å². The Hall–Kier alpha value is -1.91. The molecule has 0 aromatic carbocycles. The fourth-order valence-corrected chi connectivity index (χ4v) is 1.32. The maximum Gasteiger partial charge on any atom is 0.356 e. The predicted molar refractivity (Wildman–Crippen MR) is 66.1 cm³/mol. The number of hydrogen-bond donors (Lipinski definition) is 2. The highest BCUT2D eigenvalue weighted by Gasteiger charge is 2.15. The van der Waals surface area contributed by atoms with E-state index in [1.807, 2.05) is 6.08 Å². The molecule has 5 heteroatoms. The van der Waals surface area contributed by atoms with E-state index in [0.717, 1.165) is 13.0 Å². The number of carbonyl (C=O) groups is 1. The van der Waals surface area contributed by atoms with Crippen molar-refractivity contribution in [1.29, 1.82) is 0 Å². The zero-order valence-corrected chi connectivity index (χ0v) is 10.1. The van der Waals surface area contributed by atoms with Gasteiger partial charge < -0.3 is 10.4 Å². The third kappa shape index (κ3) is 4.22. The Morgan fingerprint density at radius 2 is 2.24 bits per heavy atom. The van der Waals surface area contributed by atoms with Gasteiger partial charge in [0.15, 0.2) is 5.69 Å². The molecular weight excluding hydrogens is 218 g/mol. The molecule has 0 unspecified atom stereocenters. The summed E-state index contributed by atoms with van der Waals surface area (Å²) >= 11 is 0. The summed E-state index contributed by atoms with van der Waals surface area (Å²) in [5, 5.41) is 11.8. The van der Waals surface area contributed by atoms with E-state index in [1.165, 1.54) is 12.4 Å². The number of aromatic nitrogens is 2. The number of carboxylic acids is 1. The number of anilines is 1. The zero-order valence-electron chi connectivity index (χ0n) is 10.1. The molecule has 1 heterocycles. The van der Waals surface area contributed by atoms with Gasteiger partial charge in [-0.15, -0.1) is 6.58 Å². The number of nitrogens with zero attached hydrogens (tertiary/aromatic N) is 2. The van der Waals surface area contributed by atoms with E-state index in [9.17, 15) is 4.79 Å². The third-order valence-electron chi connectivity index (χ3n) is 2.32. The number of allylic oxidation sites excluding steroid dienone is 1. The lowest BCUT2D eigenvalue weighted by Crippen LogP contribution is -2.22. The molecule has 2 N–H and O–H groups in total. The second kappa shape index (κ2) is 5.43. The molecule has 0 saturated carbocycles. The van der Waals surface area contributed by atoms with E-state index in [2.05, 4.69) is 35.7 Å². The summed E-state index contributed by atoms with van der Waals surface area (Å²) in [6.45, 7) is 8.66. The number of carboxylic acid groups (broad SMARTS) is 1. The molecule has 0 radical (unpaired) electrons. The quantitative estimate of drug-likeness (QED) is 0.739. The molecule has 0 aliphatic carbocycles. The first-order chi connectivity index (χ1) is 7.94. The van der Waals surface area contributed by atoms with Crippen molar-refractivity contribution in [3.63, 3.8) is 0 Å². The van der Waals surface area contributed by atoms with Crippen molar-refractivity contribution < 1.29 is 9.90 Å². The summed E-state index contributed by atoms with van der Waals surface area (Å²) < 4.78 is 0. The predicted octanol–water partition coefficient (Wildman–Crippen LogP) is 2.19. The lowest BCUT2D eigenvalue weighted by Gasteiger charge is -2.23. The lowest BCUT2D eigenvalue weighted by molar-refractivity contribution is 0.0690. The van der Waals surface area contributed by atoms with Crippen LogP contribution >= 0.6 is 0 Å². The Morgan fingerprint density at radius 1 is 1.53 bits per heavy atom. The van der Waals surface area contributed by atoms with Gasteiger partial charge in [-0.3, -0.25) is 0 Å². The van der Waals surface area contributed by atoms with Gasteiger partial charge >= 0.3 is 5.97 Å². The van der Waals surface area contributed by atoms with Gasteiger partial charge in [-0.25, -0.2) is 14.8 Å². The van der Waals surface area contributed by atoms with Gasteiger partial charge in [0.1, 0.15) is 5.82 Å². The highest BCUT2D eigenvalue weighted by molar-refractivity contribution is 5.84. The Balaban J connectivity index is 2.58. The second-order valence-electron chi connectivity index (χ2n) is 4.60. The number of hydrogen-bond acceptors (Lipinski definition) is 4. The number of nitrogens with one attached hydrogen (secondary N) is 1. The van der Waals surface area contributed by atoms with Gasteiger partial charge in [0.2, 0.25) is 0 Å². The summed E-state index contributed by atoms with van der Waals surface area (Å²) in [6, 6.07) is 0. The van der Waals surface area contributed by atoms with Crippen LogP contribution in [-0.2, 0) is 0 Å². The van der Waals surface area contributed by atoms with Crippen LogP contribution in [0.4, 0.5) is 5.82 Å². The maximum atomic E-state index is 10.6.